The summed E-state index contributed by atoms with van der Waals surface area (Å²) in [6, 6.07) is -0.978. The maximum atomic E-state index is 13.1. The van der Waals surface area contributed by atoms with Crippen molar-refractivity contribution in [1.29, 1.82) is 0 Å². The van der Waals surface area contributed by atoms with Crippen LogP contribution in [0.2, 0.25) is 0 Å². The fourth-order valence-corrected chi connectivity index (χ4v) is 6.97. The van der Waals surface area contributed by atoms with Gasteiger partial charge in [-0.1, -0.05) is 16.5 Å². The van der Waals surface area contributed by atoms with Crippen LogP contribution in [0.4, 0.5) is 5.13 Å². The van der Waals surface area contributed by atoms with E-state index in [1.165, 1.54) is 35.1 Å². The first-order valence-electron chi connectivity index (χ1n) is 11.4. The number of anilines is 1. The number of imidazole rings is 1. The number of carbonyl (C=O) groups excluding carboxylic acids is 3. The number of nitrogen functional groups attached to an aromatic ring is 1. The van der Waals surface area contributed by atoms with E-state index in [9.17, 15) is 24.3 Å². The van der Waals surface area contributed by atoms with Gasteiger partial charge < -0.3 is 26.3 Å². The number of amides is 3. The van der Waals surface area contributed by atoms with E-state index in [-0.39, 0.29) is 28.9 Å². The normalized spacial score (nSPS) is 19.1. The number of carbonyl (C=O) groups is 4. The number of β-lactam (4-membered cyclic amide) rings is 1. The molecule has 0 radical (unpaired) electrons. The molecule has 2 atom stereocenters. The van der Waals surface area contributed by atoms with Crippen LogP contribution in [0.3, 0.4) is 0 Å². The lowest BCUT2D eigenvalue weighted by Crippen LogP contribution is -2.71. The van der Waals surface area contributed by atoms with Crippen molar-refractivity contribution in [1.82, 2.24) is 29.3 Å². The van der Waals surface area contributed by atoms with Crippen LogP contribution in [-0.2, 0) is 37.0 Å². The Hall–Kier alpha value is -4.03. The highest BCUT2D eigenvalue weighted by Gasteiger charge is 2.54. The number of hydrogen-bond acceptors (Lipinski definition) is 12. The molecule has 18 heteroatoms. The Balaban J connectivity index is 1.37. The summed E-state index contributed by atoms with van der Waals surface area (Å²) < 4.78 is 7.88. The molecular formula is C21H22N9O6S3+. The fourth-order valence-electron chi connectivity index (χ4n) is 4.41. The number of nitrogens with one attached hydrogen (secondary N) is 2. The Bertz CT molecular complexity index is 1530. The third kappa shape index (κ3) is 4.92. The summed E-state index contributed by atoms with van der Waals surface area (Å²) in [4.78, 5) is 59.9. The fraction of sp³-hybridized carbons (Fsp3) is 0.333. The summed E-state index contributed by atoms with van der Waals surface area (Å²) in [5.41, 5.74) is 5.80. The van der Waals surface area contributed by atoms with Gasteiger partial charge in [-0.25, -0.2) is 9.36 Å². The minimum Gasteiger partial charge on any atom is -0.477 e. The average Bonchev–Trinajstić information content (AvgIpc) is 3.62. The second kappa shape index (κ2) is 11.0. The Morgan fingerprint density at radius 3 is 2.95 bits per heavy atom. The predicted octanol–water partition coefficient (Wildman–Crippen LogP) is -1.20. The lowest BCUT2D eigenvalue weighted by molar-refractivity contribution is -0.694. The van der Waals surface area contributed by atoms with Crippen LogP contribution >= 0.6 is 34.6 Å². The second-order valence-electron chi connectivity index (χ2n) is 8.30. The van der Waals surface area contributed by atoms with E-state index in [1.54, 1.807) is 0 Å². The van der Waals surface area contributed by atoms with Crippen LogP contribution in [0.25, 0.3) is 4.83 Å². The van der Waals surface area contributed by atoms with Crippen molar-refractivity contribution in [3.05, 3.63) is 40.7 Å². The molecule has 2 aliphatic rings. The van der Waals surface area contributed by atoms with Crippen LogP contribution in [0.1, 0.15) is 11.6 Å². The van der Waals surface area contributed by atoms with Gasteiger partial charge in [-0.15, -0.1) is 11.8 Å². The average molecular weight is 593 g/mol. The molecule has 15 nitrogen and oxygen atoms in total. The summed E-state index contributed by atoms with van der Waals surface area (Å²) >= 11 is 3.75. The number of carboxylic acids is 1. The van der Waals surface area contributed by atoms with Gasteiger partial charge in [0.2, 0.25) is 22.8 Å². The smallest absolute Gasteiger partial charge is 0.352 e. The van der Waals surface area contributed by atoms with Crippen LogP contribution < -0.4 is 20.9 Å². The summed E-state index contributed by atoms with van der Waals surface area (Å²) in [5, 5.41) is 20.4. The molecule has 3 aromatic rings. The highest BCUT2D eigenvalue weighted by Crippen LogP contribution is 2.40. The number of nitrogens with zero attached hydrogens (tertiary/aromatic N) is 6. The molecule has 2 aliphatic heterocycles. The molecule has 0 bridgehead atoms. The number of carboxylic acid groups (broad SMARTS) is 1. The first kappa shape index (κ1) is 26.6. The molecule has 3 amide bonds. The largest absolute Gasteiger partial charge is 0.477 e. The monoisotopic (exact) mass is 592 g/mol. The molecule has 204 valence electrons. The van der Waals surface area contributed by atoms with Gasteiger partial charge in [0.1, 0.15) is 43.2 Å². The number of aliphatic carboxylic acids is 1. The third-order valence-electron chi connectivity index (χ3n) is 6.04. The number of thioether (sulfide) groups is 1. The molecule has 0 saturated carbocycles. The Morgan fingerprint density at radius 2 is 2.26 bits per heavy atom. The first-order valence-corrected chi connectivity index (χ1v) is 14.1. The van der Waals surface area contributed by atoms with Crippen molar-refractivity contribution in [2.45, 2.75) is 24.4 Å². The molecule has 39 heavy (non-hydrogen) atoms. The maximum Gasteiger partial charge on any atom is 0.352 e. The zero-order chi connectivity index (χ0) is 27.7. The van der Waals surface area contributed by atoms with E-state index < -0.39 is 29.2 Å². The van der Waals surface area contributed by atoms with Crippen LogP contribution in [0, 0.1) is 0 Å². The molecule has 0 spiro atoms. The third-order valence-corrected chi connectivity index (χ3v) is 8.72. The summed E-state index contributed by atoms with van der Waals surface area (Å²) in [5.74, 6) is -1.38. The molecule has 5 rings (SSSR count). The number of fused-ring (bicyclic) bond motifs is 2. The van der Waals surface area contributed by atoms with Crippen LogP contribution in [0.15, 0.2) is 34.2 Å². The van der Waals surface area contributed by atoms with Crippen molar-refractivity contribution in [2.24, 2.45) is 5.16 Å². The summed E-state index contributed by atoms with van der Waals surface area (Å²) in [6.07, 6.45) is 4.98. The van der Waals surface area contributed by atoms with Gasteiger partial charge in [0.15, 0.2) is 5.13 Å². The molecule has 5 N–H and O–H groups in total. The van der Waals surface area contributed by atoms with E-state index in [0.717, 1.165) is 22.2 Å². The van der Waals surface area contributed by atoms with Crippen molar-refractivity contribution >= 4 is 74.5 Å². The minimum absolute atomic E-state index is 0.0474. The SMILES string of the molecule is CO/N=C(\C(=O)N[C@@H]1C(=O)N2C(C(=O)O)=C(C[n+]3cc4sccn4c3CCNC=O)CS[C@H]12)c1nsc(N)n1. The van der Waals surface area contributed by atoms with E-state index in [2.05, 4.69) is 25.1 Å². The highest BCUT2D eigenvalue weighted by molar-refractivity contribution is 8.00. The Morgan fingerprint density at radius 1 is 1.44 bits per heavy atom. The molecule has 3 aromatic heterocycles. The molecule has 1 fully saturated rings. The lowest BCUT2D eigenvalue weighted by Gasteiger charge is -2.49. The van der Waals surface area contributed by atoms with Crippen molar-refractivity contribution in [3.8, 4) is 0 Å². The predicted molar refractivity (Wildman–Crippen MR) is 141 cm³/mol. The Labute approximate surface area is 232 Å². The quantitative estimate of drug-likeness (QED) is 0.0524. The lowest BCUT2D eigenvalue weighted by atomic mass is 10.0. The molecule has 5 heterocycles. The molecular weight excluding hydrogens is 570 g/mol. The second-order valence-corrected chi connectivity index (χ2v) is 11.1. The minimum atomic E-state index is -1.23. The van der Waals surface area contributed by atoms with Crippen molar-refractivity contribution < 1.29 is 33.7 Å². The van der Waals surface area contributed by atoms with Crippen molar-refractivity contribution in [2.75, 3.05) is 25.1 Å². The van der Waals surface area contributed by atoms with E-state index >= 15 is 0 Å². The standard InChI is InChI=1S/C21H21N9O6S3/c1-36-26-13(16-25-21(22)39-27-16)17(32)24-14-18(33)30-15(20(34)35)10(8-38-19(14)30)6-28-7-12-29(4-5-37-12)11(28)2-3-23-9-31/h4-5,7,9,14,19H,2-3,6,8H2,1H3,(H4-,22,23,24,25,27,31,32,34,35)/p+1/b26-13-/t14-,19-/m1/s1. The van der Waals surface area contributed by atoms with Gasteiger partial charge in [0.25, 0.3) is 17.6 Å². The molecule has 0 aliphatic carbocycles. The summed E-state index contributed by atoms with van der Waals surface area (Å²) in [7, 11) is 1.25. The van der Waals surface area contributed by atoms with Crippen molar-refractivity contribution in [3.63, 3.8) is 0 Å². The van der Waals surface area contributed by atoms with Gasteiger partial charge in [0, 0.05) is 34.8 Å². The van der Waals surface area contributed by atoms with Gasteiger partial charge in [0.05, 0.1) is 6.42 Å². The van der Waals surface area contributed by atoms with Gasteiger partial charge in [-0.2, -0.15) is 13.8 Å². The zero-order valence-corrected chi connectivity index (χ0v) is 22.7. The number of aromatic nitrogens is 4. The van der Waals surface area contributed by atoms with Crippen LogP contribution in [-0.4, -0.2) is 84.5 Å². The number of nitrogens with two attached hydrogens (primary N) is 1. The van der Waals surface area contributed by atoms with Crippen LogP contribution in [0.5, 0.6) is 0 Å². The highest BCUT2D eigenvalue weighted by atomic mass is 32.2. The zero-order valence-electron chi connectivity index (χ0n) is 20.3. The number of thiazole rings is 1. The number of oxime groups is 1. The van der Waals surface area contributed by atoms with E-state index in [1.807, 2.05) is 26.7 Å². The molecule has 0 aromatic carbocycles. The maximum absolute atomic E-state index is 13.1. The van der Waals surface area contributed by atoms with Gasteiger partial charge in [-0.3, -0.25) is 19.3 Å². The topological polar surface area (TPSA) is 197 Å². The van der Waals surface area contributed by atoms with Gasteiger partial charge in [-0.05, 0) is 0 Å². The van der Waals surface area contributed by atoms with Gasteiger partial charge >= 0.3 is 5.97 Å². The Kier molecular flexibility index (Phi) is 7.49. The van der Waals surface area contributed by atoms with E-state index in [0.29, 0.717) is 30.7 Å². The number of rotatable bonds is 11. The number of hydrogen-bond donors (Lipinski definition) is 4. The summed E-state index contributed by atoms with van der Waals surface area (Å²) in [6.45, 7) is 0.658. The first-order chi connectivity index (χ1) is 18.8. The van der Waals surface area contributed by atoms with E-state index in [4.69, 9.17) is 10.6 Å². The molecule has 1 saturated heterocycles. The molecule has 0 unspecified atom stereocenters.